The summed E-state index contributed by atoms with van der Waals surface area (Å²) in [7, 11) is 0. The summed E-state index contributed by atoms with van der Waals surface area (Å²) >= 11 is 0. The smallest absolute Gasteiger partial charge is 0.166 e. The van der Waals surface area contributed by atoms with Crippen LogP contribution in [-0.4, -0.2) is 20.4 Å². The second kappa shape index (κ2) is 7.21. The van der Waals surface area contributed by atoms with Crippen molar-refractivity contribution in [2.24, 2.45) is 0 Å². The third kappa shape index (κ3) is 3.04. The second-order valence-corrected chi connectivity index (χ2v) is 8.53. The summed E-state index contributed by atoms with van der Waals surface area (Å²) in [5, 5.41) is 4.80. The van der Waals surface area contributed by atoms with Gasteiger partial charge in [0.05, 0.1) is 17.0 Å². The Labute approximate surface area is 176 Å². The van der Waals surface area contributed by atoms with Gasteiger partial charge in [0, 0.05) is 18.2 Å². The van der Waals surface area contributed by atoms with Gasteiger partial charge >= 0.3 is 0 Å². The van der Waals surface area contributed by atoms with Crippen molar-refractivity contribution < 1.29 is 4.79 Å². The molecule has 1 aliphatic carbocycles. The molecule has 4 aromatic rings. The lowest BCUT2D eigenvalue weighted by Crippen LogP contribution is -2.22. The van der Waals surface area contributed by atoms with Gasteiger partial charge in [0.2, 0.25) is 0 Å². The molecule has 2 heterocycles. The first-order chi connectivity index (χ1) is 14.5. The van der Waals surface area contributed by atoms with Crippen molar-refractivity contribution in [3.05, 3.63) is 88.9 Å². The van der Waals surface area contributed by atoms with Crippen LogP contribution in [0.15, 0.2) is 60.8 Å². The number of Topliss-reactive ketones (excluding diaryl/α,β-unsaturated/α-hetero) is 1. The number of aryl methyl sites for hydroxylation is 1. The average Bonchev–Trinajstić information content (AvgIpc) is 3.10. The number of ketones is 1. The molecule has 1 aliphatic rings. The van der Waals surface area contributed by atoms with Crippen LogP contribution in [0.1, 0.15) is 65.0 Å². The molecule has 0 bridgehead atoms. The number of carbonyl (C=O) groups is 1. The van der Waals surface area contributed by atoms with Crippen molar-refractivity contribution in [1.82, 2.24) is 14.6 Å². The summed E-state index contributed by atoms with van der Waals surface area (Å²) in [6.45, 7) is 6.41. The Morgan fingerprint density at radius 1 is 1.00 bits per heavy atom. The van der Waals surface area contributed by atoms with E-state index in [1.165, 1.54) is 11.1 Å². The maximum atomic E-state index is 13.0. The number of hydrogen-bond acceptors (Lipinski definition) is 3. The molecule has 2 aromatic heterocycles. The molecule has 0 unspecified atom stereocenters. The number of fused-ring (bicyclic) bond motifs is 3. The minimum atomic E-state index is 0.151. The van der Waals surface area contributed by atoms with E-state index >= 15 is 0 Å². The lowest BCUT2D eigenvalue weighted by molar-refractivity contribution is 0.0962. The van der Waals surface area contributed by atoms with Gasteiger partial charge in [0.25, 0.3) is 0 Å². The molecule has 2 aromatic carbocycles. The molecule has 4 nitrogen and oxygen atoms in total. The molecular weight excluding hydrogens is 370 g/mol. The van der Waals surface area contributed by atoms with E-state index < -0.39 is 0 Å². The van der Waals surface area contributed by atoms with E-state index in [2.05, 4.69) is 55.2 Å². The number of carbonyl (C=O) groups excluding carboxylic acids is 1. The Balaban J connectivity index is 1.60. The van der Waals surface area contributed by atoms with Crippen molar-refractivity contribution in [3.63, 3.8) is 0 Å². The summed E-state index contributed by atoms with van der Waals surface area (Å²) in [5.74, 6) is 0.821. The lowest BCUT2D eigenvalue weighted by Gasteiger charge is -2.24. The molecule has 4 heteroatoms. The molecule has 1 atom stereocenters. The Hall–Kier alpha value is -3.27. The first kappa shape index (κ1) is 18.7. The van der Waals surface area contributed by atoms with Crippen molar-refractivity contribution in [2.75, 3.05) is 0 Å². The molecule has 30 heavy (non-hydrogen) atoms. The molecule has 0 saturated heterocycles. The number of aromatic nitrogens is 3. The first-order valence-corrected chi connectivity index (χ1v) is 10.6. The van der Waals surface area contributed by atoms with Crippen molar-refractivity contribution in [3.8, 4) is 11.1 Å². The van der Waals surface area contributed by atoms with Crippen molar-refractivity contribution in [1.29, 1.82) is 0 Å². The van der Waals surface area contributed by atoms with Crippen LogP contribution in [0.3, 0.4) is 0 Å². The quantitative estimate of drug-likeness (QED) is 0.444. The Morgan fingerprint density at radius 3 is 2.43 bits per heavy atom. The SMILES string of the molecule is Cc1nn2c3c(cnc2c1-c1ccccc1)C(=O)C[C@H](c1ccc(C(C)C)cc1)C3. The maximum Gasteiger partial charge on any atom is 0.166 e. The Kier molecular flexibility index (Phi) is 4.50. The summed E-state index contributed by atoms with van der Waals surface area (Å²) in [6, 6.07) is 19.0. The van der Waals surface area contributed by atoms with E-state index in [-0.39, 0.29) is 11.7 Å². The van der Waals surface area contributed by atoms with Crippen LogP contribution in [0.25, 0.3) is 16.8 Å². The third-order valence-electron chi connectivity index (χ3n) is 6.23. The van der Waals surface area contributed by atoms with E-state index in [1.54, 1.807) is 6.20 Å². The van der Waals surface area contributed by atoms with Crippen LogP contribution in [0.2, 0.25) is 0 Å². The van der Waals surface area contributed by atoms with Crippen LogP contribution in [0.5, 0.6) is 0 Å². The molecule has 5 rings (SSSR count). The minimum absolute atomic E-state index is 0.151. The van der Waals surface area contributed by atoms with Gasteiger partial charge in [-0.15, -0.1) is 0 Å². The number of hydrogen-bond donors (Lipinski definition) is 0. The molecule has 0 spiro atoms. The van der Waals surface area contributed by atoms with Crippen LogP contribution in [0.4, 0.5) is 0 Å². The van der Waals surface area contributed by atoms with E-state index in [0.29, 0.717) is 17.9 Å². The zero-order chi connectivity index (χ0) is 20.8. The molecule has 0 saturated carbocycles. The summed E-state index contributed by atoms with van der Waals surface area (Å²) in [6.07, 6.45) is 3.06. The van der Waals surface area contributed by atoms with Gasteiger partial charge in [0.1, 0.15) is 0 Å². The molecule has 0 radical (unpaired) electrons. The van der Waals surface area contributed by atoms with E-state index in [9.17, 15) is 4.79 Å². The van der Waals surface area contributed by atoms with Crippen LogP contribution >= 0.6 is 0 Å². The molecule has 0 amide bonds. The molecule has 0 N–H and O–H groups in total. The standard InChI is InChI=1S/C26H25N3O/c1-16(2)18-9-11-19(12-10-18)21-13-23-22(24(30)14-21)15-27-26-25(17(3)28-29(23)26)20-7-5-4-6-8-20/h4-12,15-16,21H,13-14H2,1-3H3/t21-/m1/s1. The van der Waals surface area contributed by atoms with Crippen LogP contribution < -0.4 is 0 Å². The summed E-state index contributed by atoms with van der Waals surface area (Å²) in [5.41, 5.74) is 8.10. The van der Waals surface area contributed by atoms with Crippen LogP contribution in [0, 0.1) is 6.92 Å². The maximum absolute atomic E-state index is 13.0. The average molecular weight is 396 g/mol. The number of nitrogens with zero attached hydrogens (tertiary/aromatic N) is 3. The Morgan fingerprint density at radius 2 is 1.73 bits per heavy atom. The fraction of sp³-hybridized carbons (Fsp3) is 0.269. The largest absolute Gasteiger partial charge is 0.294 e. The zero-order valence-electron chi connectivity index (χ0n) is 17.6. The normalized spacial score (nSPS) is 16.3. The Bertz CT molecular complexity index is 1240. The topological polar surface area (TPSA) is 47.3 Å². The number of rotatable bonds is 3. The number of benzene rings is 2. The highest BCUT2D eigenvalue weighted by atomic mass is 16.1. The van der Waals surface area contributed by atoms with Gasteiger partial charge in [-0.25, -0.2) is 9.50 Å². The van der Waals surface area contributed by atoms with Gasteiger partial charge in [0.15, 0.2) is 11.4 Å². The lowest BCUT2D eigenvalue weighted by atomic mass is 9.81. The molecule has 0 fully saturated rings. The highest BCUT2D eigenvalue weighted by molar-refractivity contribution is 5.99. The first-order valence-electron chi connectivity index (χ1n) is 10.6. The highest BCUT2D eigenvalue weighted by Gasteiger charge is 2.30. The highest BCUT2D eigenvalue weighted by Crippen LogP contribution is 2.35. The van der Waals surface area contributed by atoms with Gasteiger partial charge < -0.3 is 0 Å². The summed E-state index contributed by atoms with van der Waals surface area (Å²) < 4.78 is 1.90. The van der Waals surface area contributed by atoms with Gasteiger partial charge in [-0.05, 0) is 41.9 Å². The summed E-state index contributed by atoms with van der Waals surface area (Å²) in [4.78, 5) is 17.6. The fourth-order valence-electron chi connectivity index (χ4n) is 4.54. The van der Waals surface area contributed by atoms with E-state index in [4.69, 9.17) is 5.10 Å². The zero-order valence-corrected chi connectivity index (χ0v) is 17.6. The predicted octanol–water partition coefficient (Wildman–Crippen LogP) is 5.74. The molecule has 150 valence electrons. The van der Waals surface area contributed by atoms with Gasteiger partial charge in [-0.2, -0.15) is 5.10 Å². The minimum Gasteiger partial charge on any atom is -0.294 e. The fourth-order valence-corrected chi connectivity index (χ4v) is 4.54. The van der Waals surface area contributed by atoms with Gasteiger partial charge in [-0.3, -0.25) is 4.79 Å². The van der Waals surface area contributed by atoms with Gasteiger partial charge in [-0.1, -0.05) is 68.4 Å². The predicted molar refractivity (Wildman–Crippen MR) is 119 cm³/mol. The molecular formula is C26H25N3O. The van der Waals surface area contributed by atoms with Crippen molar-refractivity contribution >= 4 is 11.4 Å². The van der Waals surface area contributed by atoms with Crippen LogP contribution in [-0.2, 0) is 6.42 Å². The second-order valence-electron chi connectivity index (χ2n) is 8.53. The van der Waals surface area contributed by atoms with Crippen molar-refractivity contribution in [2.45, 2.75) is 45.4 Å². The van der Waals surface area contributed by atoms with E-state index in [1.807, 2.05) is 29.6 Å². The van der Waals surface area contributed by atoms with E-state index in [0.717, 1.165) is 34.6 Å². The monoisotopic (exact) mass is 395 g/mol. The molecule has 0 aliphatic heterocycles. The third-order valence-corrected chi connectivity index (χ3v) is 6.23.